The van der Waals surface area contributed by atoms with Crippen LogP contribution in [0.5, 0.6) is 5.75 Å². The fraction of sp³-hybridized carbons (Fsp3) is 0.179. The summed E-state index contributed by atoms with van der Waals surface area (Å²) < 4.78 is 11.1. The van der Waals surface area contributed by atoms with Crippen LogP contribution in [0.15, 0.2) is 108 Å². The van der Waals surface area contributed by atoms with Crippen LogP contribution in [-0.2, 0) is 17.9 Å². The van der Waals surface area contributed by atoms with Crippen LogP contribution in [0.25, 0.3) is 0 Å². The number of nitrogens with zero attached hydrogens (tertiary/aromatic N) is 1. The monoisotopic (exact) mass is 425 g/mol. The zero-order valence-electron chi connectivity index (χ0n) is 18.2. The van der Waals surface area contributed by atoms with Crippen molar-refractivity contribution in [1.82, 2.24) is 4.90 Å². The van der Waals surface area contributed by atoms with Crippen molar-refractivity contribution in [2.24, 2.45) is 0 Å². The molecule has 0 unspecified atom stereocenters. The van der Waals surface area contributed by atoms with Crippen LogP contribution in [0.1, 0.15) is 35.3 Å². The molecule has 1 amide bonds. The molecule has 4 rings (SSSR count). The normalized spacial score (nSPS) is 10.8. The summed E-state index contributed by atoms with van der Waals surface area (Å²) >= 11 is 0. The molecule has 0 aliphatic heterocycles. The van der Waals surface area contributed by atoms with Crippen molar-refractivity contribution in [2.45, 2.75) is 25.9 Å². The number of benzene rings is 3. The molecule has 0 fully saturated rings. The minimum Gasteiger partial charge on any atom is -0.494 e. The fourth-order valence-electron chi connectivity index (χ4n) is 3.83. The lowest BCUT2D eigenvalue weighted by Gasteiger charge is -2.28. The maximum absolute atomic E-state index is 14.0. The Labute approximate surface area is 189 Å². The molecule has 4 nitrogen and oxygen atoms in total. The SMILES string of the molecule is CCOc1ccc(CN(Cc2ccco2)C(=O)C(c2ccccc2)c2ccccc2)cc1. The molecule has 4 heteroatoms. The largest absolute Gasteiger partial charge is 0.494 e. The molecule has 0 aliphatic rings. The highest BCUT2D eigenvalue weighted by Crippen LogP contribution is 2.28. The van der Waals surface area contributed by atoms with E-state index in [2.05, 4.69) is 0 Å². The summed E-state index contributed by atoms with van der Waals surface area (Å²) in [6, 6.07) is 31.5. The summed E-state index contributed by atoms with van der Waals surface area (Å²) in [6.45, 7) is 3.46. The second-order valence-electron chi connectivity index (χ2n) is 7.61. The van der Waals surface area contributed by atoms with E-state index in [1.165, 1.54) is 0 Å². The maximum Gasteiger partial charge on any atom is 0.235 e. The molecule has 0 N–H and O–H groups in total. The summed E-state index contributed by atoms with van der Waals surface area (Å²) in [7, 11) is 0. The molecule has 162 valence electrons. The van der Waals surface area contributed by atoms with Gasteiger partial charge in [-0.2, -0.15) is 0 Å². The van der Waals surface area contributed by atoms with E-state index in [0.29, 0.717) is 19.7 Å². The highest BCUT2D eigenvalue weighted by atomic mass is 16.5. The zero-order chi connectivity index (χ0) is 22.2. The minimum atomic E-state index is -0.393. The van der Waals surface area contributed by atoms with Crippen LogP contribution in [0.3, 0.4) is 0 Å². The van der Waals surface area contributed by atoms with Crippen molar-refractivity contribution in [3.8, 4) is 5.75 Å². The molecule has 4 aromatic rings. The van der Waals surface area contributed by atoms with E-state index < -0.39 is 5.92 Å². The number of hydrogen-bond donors (Lipinski definition) is 0. The third-order valence-corrected chi connectivity index (χ3v) is 5.36. The number of carbonyl (C=O) groups excluding carboxylic acids is 1. The van der Waals surface area contributed by atoms with Gasteiger partial charge in [-0.1, -0.05) is 72.8 Å². The van der Waals surface area contributed by atoms with Crippen LogP contribution >= 0.6 is 0 Å². The van der Waals surface area contributed by atoms with Crippen LogP contribution in [0.2, 0.25) is 0 Å². The predicted octanol–water partition coefficient (Wildman–Crippen LogP) is 6.04. The smallest absolute Gasteiger partial charge is 0.235 e. The van der Waals surface area contributed by atoms with E-state index in [-0.39, 0.29) is 5.91 Å². The van der Waals surface area contributed by atoms with Gasteiger partial charge < -0.3 is 14.1 Å². The molecule has 1 heterocycles. The molecule has 1 aromatic heterocycles. The molecule has 0 atom stereocenters. The van der Waals surface area contributed by atoms with Gasteiger partial charge in [0, 0.05) is 6.54 Å². The number of ether oxygens (including phenoxy) is 1. The molecular formula is C28H27NO3. The van der Waals surface area contributed by atoms with Crippen molar-refractivity contribution in [1.29, 1.82) is 0 Å². The van der Waals surface area contributed by atoms with Crippen molar-refractivity contribution < 1.29 is 13.9 Å². The van der Waals surface area contributed by atoms with Gasteiger partial charge in [-0.05, 0) is 47.9 Å². The number of hydrogen-bond acceptors (Lipinski definition) is 3. The zero-order valence-corrected chi connectivity index (χ0v) is 18.2. The first kappa shape index (κ1) is 21.4. The third kappa shape index (κ3) is 5.27. The Morgan fingerprint density at radius 3 is 1.97 bits per heavy atom. The third-order valence-electron chi connectivity index (χ3n) is 5.36. The Morgan fingerprint density at radius 2 is 1.44 bits per heavy atom. The number of rotatable bonds is 9. The van der Waals surface area contributed by atoms with Crippen molar-refractivity contribution in [3.05, 3.63) is 126 Å². The summed E-state index contributed by atoms with van der Waals surface area (Å²) in [4.78, 5) is 15.9. The highest BCUT2D eigenvalue weighted by molar-refractivity contribution is 5.87. The van der Waals surface area contributed by atoms with Gasteiger partial charge in [0.25, 0.3) is 0 Å². The van der Waals surface area contributed by atoms with Crippen molar-refractivity contribution in [2.75, 3.05) is 6.61 Å². The van der Waals surface area contributed by atoms with Gasteiger partial charge in [0.2, 0.25) is 5.91 Å². The van der Waals surface area contributed by atoms with Crippen molar-refractivity contribution in [3.63, 3.8) is 0 Å². The van der Waals surface area contributed by atoms with Gasteiger partial charge in [-0.15, -0.1) is 0 Å². The second kappa shape index (κ2) is 10.5. The molecule has 32 heavy (non-hydrogen) atoms. The lowest BCUT2D eigenvalue weighted by Crippen LogP contribution is -2.34. The van der Waals surface area contributed by atoms with E-state index in [4.69, 9.17) is 9.15 Å². The average molecular weight is 426 g/mol. The Bertz CT molecular complexity index is 1050. The maximum atomic E-state index is 14.0. The molecule has 3 aromatic carbocycles. The molecular weight excluding hydrogens is 398 g/mol. The average Bonchev–Trinajstić information content (AvgIpc) is 3.35. The molecule has 0 bridgehead atoms. The Balaban J connectivity index is 1.67. The van der Waals surface area contributed by atoms with E-state index >= 15 is 0 Å². The van der Waals surface area contributed by atoms with Crippen LogP contribution in [-0.4, -0.2) is 17.4 Å². The Morgan fingerprint density at radius 1 is 0.812 bits per heavy atom. The van der Waals surface area contributed by atoms with Crippen molar-refractivity contribution >= 4 is 5.91 Å². The lowest BCUT2D eigenvalue weighted by molar-refractivity contribution is -0.133. The predicted molar refractivity (Wildman–Crippen MR) is 125 cm³/mol. The van der Waals surface area contributed by atoms with Crippen LogP contribution in [0.4, 0.5) is 0 Å². The first-order valence-corrected chi connectivity index (χ1v) is 10.9. The van der Waals surface area contributed by atoms with Gasteiger partial charge in [-0.3, -0.25) is 4.79 Å². The van der Waals surface area contributed by atoms with Crippen LogP contribution < -0.4 is 4.74 Å². The van der Waals surface area contributed by atoms with Crippen LogP contribution in [0, 0.1) is 0 Å². The standard InChI is InChI=1S/C28H27NO3/c1-2-31-25-17-15-22(16-18-25)20-29(21-26-14-9-19-32-26)28(30)27(23-10-5-3-6-11-23)24-12-7-4-8-13-24/h3-19,27H,2,20-21H2,1H3. The number of furan rings is 1. The molecule has 0 saturated heterocycles. The fourth-order valence-corrected chi connectivity index (χ4v) is 3.83. The lowest BCUT2D eigenvalue weighted by atomic mass is 9.90. The Kier molecular flexibility index (Phi) is 7.03. The van der Waals surface area contributed by atoms with E-state index in [1.807, 2.05) is 109 Å². The molecule has 0 spiro atoms. The molecule has 0 aliphatic carbocycles. The van der Waals surface area contributed by atoms with Gasteiger partial charge >= 0.3 is 0 Å². The first-order chi connectivity index (χ1) is 15.7. The highest BCUT2D eigenvalue weighted by Gasteiger charge is 2.28. The van der Waals surface area contributed by atoms with E-state index in [0.717, 1.165) is 28.2 Å². The molecule has 0 saturated carbocycles. The van der Waals surface area contributed by atoms with E-state index in [9.17, 15) is 4.79 Å². The van der Waals surface area contributed by atoms with Gasteiger partial charge in [0.15, 0.2) is 0 Å². The number of amides is 1. The summed E-state index contributed by atoms with van der Waals surface area (Å²) in [5, 5.41) is 0. The number of carbonyl (C=O) groups is 1. The summed E-state index contributed by atoms with van der Waals surface area (Å²) in [5.41, 5.74) is 2.98. The minimum absolute atomic E-state index is 0.0349. The van der Waals surface area contributed by atoms with Gasteiger partial charge in [-0.25, -0.2) is 0 Å². The second-order valence-corrected chi connectivity index (χ2v) is 7.61. The van der Waals surface area contributed by atoms with Gasteiger partial charge in [0.05, 0.1) is 25.3 Å². The summed E-state index contributed by atoms with van der Waals surface area (Å²) in [6.07, 6.45) is 1.64. The Hall–Kier alpha value is -3.79. The van der Waals surface area contributed by atoms with E-state index in [1.54, 1.807) is 6.26 Å². The van der Waals surface area contributed by atoms with Gasteiger partial charge in [0.1, 0.15) is 11.5 Å². The topological polar surface area (TPSA) is 42.7 Å². The molecule has 0 radical (unpaired) electrons. The first-order valence-electron chi connectivity index (χ1n) is 10.9. The quantitative estimate of drug-likeness (QED) is 0.328. The summed E-state index contributed by atoms with van der Waals surface area (Å²) in [5.74, 6) is 1.22.